The van der Waals surface area contributed by atoms with Crippen LogP contribution >= 0.6 is 0 Å². The number of rotatable bonds is 1. The summed E-state index contributed by atoms with van der Waals surface area (Å²) in [5.74, 6) is 1.28. The van der Waals surface area contributed by atoms with E-state index in [-0.39, 0.29) is 0 Å². The summed E-state index contributed by atoms with van der Waals surface area (Å²) in [6.45, 7) is 1.12. The van der Waals surface area contributed by atoms with Gasteiger partial charge in [-0.25, -0.2) is 0 Å². The minimum atomic E-state index is 0.316. The zero-order chi connectivity index (χ0) is 9.59. The van der Waals surface area contributed by atoms with Crippen molar-refractivity contribution >= 4 is 5.91 Å². The lowest BCUT2D eigenvalue weighted by Gasteiger charge is -2.29. The van der Waals surface area contributed by atoms with E-state index in [1.54, 1.807) is 4.90 Å². The normalized spacial score (nSPS) is 38.2. The maximum atomic E-state index is 11.7. The number of nitrogens with zero attached hydrogens (tertiary/aromatic N) is 2. The van der Waals surface area contributed by atoms with Gasteiger partial charge in [0, 0.05) is 32.6 Å². The van der Waals surface area contributed by atoms with Gasteiger partial charge in [-0.3, -0.25) is 4.79 Å². The first-order valence-electron chi connectivity index (χ1n) is 5.01. The molecule has 3 atom stereocenters. The molecule has 1 saturated heterocycles. The van der Waals surface area contributed by atoms with Crippen LogP contribution < -0.4 is 0 Å². The summed E-state index contributed by atoms with van der Waals surface area (Å²) in [7, 11) is 5.89. The van der Waals surface area contributed by atoms with E-state index in [1.165, 1.54) is 6.42 Å². The molecule has 3 heteroatoms. The monoisotopic (exact) mass is 182 g/mol. The van der Waals surface area contributed by atoms with Gasteiger partial charge in [0.25, 0.3) is 0 Å². The van der Waals surface area contributed by atoms with Gasteiger partial charge in [-0.05, 0) is 25.8 Å². The van der Waals surface area contributed by atoms with Crippen molar-refractivity contribution in [1.82, 2.24) is 9.80 Å². The van der Waals surface area contributed by atoms with Crippen molar-refractivity contribution in [2.45, 2.75) is 18.9 Å². The average Bonchev–Trinajstić information content (AvgIpc) is 2.60. The zero-order valence-corrected chi connectivity index (χ0v) is 8.66. The average molecular weight is 182 g/mol. The van der Waals surface area contributed by atoms with E-state index >= 15 is 0 Å². The molecule has 1 aliphatic carbocycles. The highest BCUT2D eigenvalue weighted by Gasteiger charge is 2.46. The number of carbonyl (C=O) groups is 1. The summed E-state index contributed by atoms with van der Waals surface area (Å²) in [5, 5.41) is 0. The van der Waals surface area contributed by atoms with Gasteiger partial charge in [-0.2, -0.15) is 0 Å². The van der Waals surface area contributed by atoms with Crippen LogP contribution in [0.25, 0.3) is 0 Å². The first-order valence-corrected chi connectivity index (χ1v) is 5.01. The van der Waals surface area contributed by atoms with Crippen molar-refractivity contribution in [2.75, 3.05) is 27.7 Å². The highest BCUT2D eigenvalue weighted by Crippen LogP contribution is 2.41. The first-order chi connectivity index (χ1) is 6.09. The largest absolute Gasteiger partial charge is 0.349 e. The second-order valence-electron chi connectivity index (χ2n) is 4.66. The van der Waals surface area contributed by atoms with Crippen LogP contribution in [0.5, 0.6) is 0 Å². The van der Waals surface area contributed by atoms with Crippen LogP contribution in [0.2, 0.25) is 0 Å². The Balaban J connectivity index is 2.03. The molecule has 2 rings (SSSR count). The number of hydrogen-bond donors (Lipinski definition) is 0. The maximum Gasteiger partial charge on any atom is 0.225 e. The Hall–Kier alpha value is -0.570. The predicted octanol–water partition coefficient (Wildman–Crippen LogP) is 0.415. The molecule has 0 aromatic carbocycles. The van der Waals surface area contributed by atoms with E-state index in [0.29, 0.717) is 23.8 Å². The van der Waals surface area contributed by atoms with Crippen LogP contribution in [-0.2, 0) is 4.79 Å². The van der Waals surface area contributed by atoms with Crippen molar-refractivity contribution in [2.24, 2.45) is 11.8 Å². The molecular formula is C10H18N2O. The molecule has 2 bridgehead atoms. The Bertz CT molecular complexity index is 225. The fraction of sp³-hybridized carbons (Fsp3) is 0.900. The van der Waals surface area contributed by atoms with E-state index in [4.69, 9.17) is 0 Å². The van der Waals surface area contributed by atoms with Crippen LogP contribution in [0.3, 0.4) is 0 Å². The van der Waals surface area contributed by atoms with Gasteiger partial charge in [-0.15, -0.1) is 0 Å². The zero-order valence-electron chi connectivity index (χ0n) is 8.66. The van der Waals surface area contributed by atoms with Gasteiger partial charge in [0.2, 0.25) is 5.91 Å². The molecule has 0 N–H and O–H groups in total. The molecule has 0 aromatic rings. The van der Waals surface area contributed by atoms with E-state index in [2.05, 4.69) is 11.9 Å². The molecule has 2 aliphatic rings. The van der Waals surface area contributed by atoms with Gasteiger partial charge in [0.1, 0.15) is 0 Å². The van der Waals surface area contributed by atoms with Gasteiger partial charge >= 0.3 is 0 Å². The molecule has 1 saturated carbocycles. The molecule has 13 heavy (non-hydrogen) atoms. The van der Waals surface area contributed by atoms with Gasteiger partial charge in [0.05, 0.1) is 0 Å². The summed E-state index contributed by atoms with van der Waals surface area (Å²) in [6, 6.07) is 0.680. The van der Waals surface area contributed by atoms with E-state index in [0.717, 1.165) is 13.0 Å². The predicted molar refractivity (Wildman–Crippen MR) is 51.3 cm³/mol. The molecule has 0 aromatic heterocycles. The Morgan fingerprint density at radius 1 is 1.38 bits per heavy atom. The van der Waals surface area contributed by atoms with E-state index in [9.17, 15) is 4.79 Å². The standard InChI is InChI=1S/C10H18N2O/c1-11(2)10(13)9-5-8-4-7(9)6-12(8)3/h7-9H,4-6H2,1-3H3. The summed E-state index contributed by atoms with van der Waals surface area (Å²) >= 11 is 0. The second kappa shape index (κ2) is 2.98. The fourth-order valence-electron chi connectivity index (χ4n) is 2.81. The van der Waals surface area contributed by atoms with Crippen LogP contribution in [0.1, 0.15) is 12.8 Å². The lowest BCUT2D eigenvalue weighted by atomic mass is 9.93. The van der Waals surface area contributed by atoms with Crippen LogP contribution in [0, 0.1) is 11.8 Å². The van der Waals surface area contributed by atoms with Crippen molar-refractivity contribution in [3.8, 4) is 0 Å². The Kier molecular flexibility index (Phi) is 2.06. The first kappa shape index (κ1) is 9.00. The molecule has 1 heterocycles. The number of carbonyl (C=O) groups excluding carboxylic acids is 1. The molecule has 74 valence electrons. The van der Waals surface area contributed by atoms with Gasteiger partial charge in [-0.1, -0.05) is 0 Å². The number of hydrogen-bond acceptors (Lipinski definition) is 2. The topological polar surface area (TPSA) is 23.6 Å². The smallest absolute Gasteiger partial charge is 0.225 e. The van der Waals surface area contributed by atoms with Crippen molar-refractivity contribution in [3.05, 3.63) is 0 Å². The van der Waals surface area contributed by atoms with Gasteiger partial charge in [0.15, 0.2) is 0 Å². The fourth-order valence-corrected chi connectivity index (χ4v) is 2.81. The van der Waals surface area contributed by atoms with E-state index < -0.39 is 0 Å². The van der Waals surface area contributed by atoms with Crippen LogP contribution in [0.4, 0.5) is 0 Å². The summed E-state index contributed by atoms with van der Waals surface area (Å²) in [5.41, 5.74) is 0. The molecule has 1 aliphatic heterocycles. The van der Waals surface area contributed by atoms with E-state index in [1.807, 2.05) is 14.1 Å². The second-order valence-corrected chi connectivity index (χ2v) is 4.66. The van der Waals surface area contributed by atoms with Crippen molar-refractivity contribution in [3.63, 3.8) is 0 Å². The Labute approximate surface area is 79.7 Å². The van der Waals surface area contributed by atoms with Gasteiger partial charge < -0.3 is 9.80 Å². The van der Waals surface area contributed by atoms with Crippen molar-refractivity contribution in [1.29, 1.82) is 0 Å². The Morgan fingerprint density at radius 3 is 2.46 bits per heavy atom. The quantitative estimate of drug-likeness (QED) is 0.586. The van der Waals surface area contributed by atoms with Crippen LogP contribution in [0.15, 0.2) is 0 Å². The third-order valence-electron chi connectivity index (χ3n) is 3.57. The lowest BCUT2D eigenvalue weighted by molar-refractivity contribution is -0.134. The minimum Gasteiger partial charge on any atom is -0.349 e. The highest BCUT2D eigenvalue weighted by atomic mass is 16.2. The summed E-state index contributed by atoms with van der Waals surface area (Å²) < 4.78 is 0. The Morgan fingerprint density at radius 2 is 2.08 bits per heavy atom. The van der Waals surface area contributed by atoms with Crippen LogP contribution in [-0.4, -0.2) is 49.4 Å². The molecule has 2 fully saturated rings. The molecular weight excluding hydrogens is 164 g/mol. The maximum absolute atomic E-state index is 11.7. The molecule has 0 radical (unpaired) electrons. The molecule has 0 spiro atoms. The SMILES string of the molecule is CN(C)C(=O)C1CC2CC1CN2C. The highest BCUT2D eigenvalue weighted by molar-refractivity contribution is 5.79. The number of amides is 1. The third kappa shape index (κ3) is 1.35. The summed E-state index contributed by atoms with van der Waals surface area (Å²) in [6.07, 6.45) is 2.32. The number of likely N-dealkylation sites (tertiary alicyclic amines) is 1. The molecule has 3 unspecified atom stereocenters. The molecule has 1 amide bonds. The van der Waals surface area contributed by atoms with Crippen molar-refractivity contribution < 1.29 is 4.79 Å². The summed E-state index contributed by atoms with van der Waals surface area (Å²) in [4.78, 5) is 15.9. The third-order valence-corrected chi connectivity index (χ3v) is 3.57. The number of piperidine rings is 1. The molecule has 3 nitrogen and oxygen atoms in total. The number of fused-ring (bicyclic) bond motifs is 2. The minimum absolute atomic E-state index is 0.316. The lowest BCUT2D eigenvalue weighted by Crippen LogP contribution is -2.39.